The van der Waals surface area contributed by atoms with Crippen molar-refractivity contribution in [2.24, 2.45) is 0 Å². The summed E-state index contributed by atoms with van der Waals surface area (Å²) in [6.45, 7) is 0. The van der Waals surface area contributed by atoms with Crippen LogP contribution >= 0.6 is 0 Å². The summed E-state index contributed by atoms with van der Waals surface area (Å²) in [6, 6.07) is 2.29. The van der Waals surface area contributed by atoms with E-state index in [1.807, 2.05) is 0 Å². The Hall–Kier alpha value is -1.72. The number of alkyl halides is 3. The second-order valence-electron chi connectivity index (χ2n) is 2.77. The highest BCUT2D eigenvalue weighted by molar-refractivity contribution is 6.02. The van der Waals surface area contributed by atoms with Gasteiger partial charge in [0.15, 0.2) is 0 Å². The Morgan fingerprint density at radius 1 is 1.29 bits per heavy atom. The van der Waals surface area contributed by atoms with E-state index in [1.54, 1.807) is 0 Å². The van der Waals surface area contributed by atoms with Gasteiger partial charge in [0.1, 0.15) is 0 Å². The maximum absolute atomic E-state index is 12.2. The van der Waals surface area contributed by atoms with E-state index < -0.39 is 17.8 Å². The molecular weight excluding hydrogens is 197 g/mol. The minimum Gasteiger partial charge on any atom is -0.304 e. The Morgan fingerprint density at radius 2 is 2.00 bits per heavy atom. The molecule has 1 heterocycles. The van der Waals surface area contributed by atoms with Gasteiger partial charge in [0, 0.05) is 0 Å². The molecule has 73 valence electrons. The Bertz CT molecular complexity index is 400. The molecule has 1 aliphatic heterocycles. The number of hydrogen-bond donors (Lipinski definition) is 1. The van der Waals surface area contributed by atoms with Crippen LogP contribution in [0.5, 0.6) is 0 Å². The fourth-order valence-corrected chi connectivity index (χ4v) is 1.16. The van der Waals surface area contributed by atoms with Crippen LogP contribution < -0.4 is 10.6 Å². The predicted molar refractivity (Wildman–Crippen MR) is 42.3 cm³/mol. The predicted octanol–water partition coefficient (Wildman–Crippen LogP) is 2.49. The molecule has 0 bridgehead atoms. The minimum absolute atomic E-state index is 0.0322. The van der Waals surface area contributed by atoms with Crippen molar-refractivity contribution in [3.63, 3.8) is 0 Å². The first-order valence-corrected chi connectivity index (χ1v) is 3.71. The van der Waals surface area contributed by atoms with Gasteiger partial charge in [-0.1, -0.05) is 0 Å². The van der Waals surface area contributed by atoms with E-state index in [0.717, 1.165) is 12.1 Å². The summed E-state index contributed by atoms with van der Waals surface area (Å²) in [5.74, 6) is 0. The van der Waals surface area contributed by atoms with E-state index in [-0.39, 0.29) is 5.69 Å². The third-order valence-corrected chi connectivity index (χ3v) is 1.79. The summed E-state index contributed by atoms with van der Waals surface area (Å²) in [5.41, 5.74) is -0.468. The molecule has 0 saturated carbocycles. The highest BCUT2D eigenvalue weighted by atomic mass is 19.4. The highest BCUT2D eigenvalue weighted by Crippen LogP contribution is 2.35. The smallest absolute Gasteiger partial charge is 0.304 e. The number of carbonyl (C=O) groups excluding carboxylic acids is 1. The van der Waals surface area contributed by atoms with Gasteiger partial charge < -0.3 is 5.32 Å². The van der Waals surface area contributed by atoms with Crippen LogP contribution in [0.2, 0.25) is 0 Å². The van der Waals surface area contributed by atoms with Crippen molar-refractivity contribution in [3.05, 3.63) is 23.8 Å². The van der Waals surface area contributed by atoms with Crippen molar-refractivity contribution >= 4 is 17.4 Å². The van der Waals surface area contributed by atoms with Gasteiger partial charge in [-0.3, -0.25) is 0 Å². The lowest BCUT2D eigenvalue weighted by Gasteiger charge is -2.06. The zero-order chi connectivity index (χ0) is 10.3. The second-order valence-corrected chi connectivity index (χ2v) is 2.77. The number of carbonyl (C=O) groups is 1. The summed E-state index contributed by atoms with van der Waals surface area (Å²) >= 11 is 0. The fourth-order valence-electron chi connectivity index (χ4n) is 1.16. The quantitative estimate of drug-likeness (QED) is 0.688. The molecule has 0 fully saturated rings. The van der Waals surface area contributed by atoms with Gasteiger partial charge in [0.2, 0.25) is 0 Å². The van der Waals surface area contributed by atoms with Crippen LogP contribution in [0, 0.1) is 0 Å². The lowest BCUT2D eigenvalue weighted by Crippen LogP contribution is -2.08. The SMILES string of the molecule is O=C1[N]c2cc(C(F)(F)F)ccc2N1. The van der Waals surface area contributed by atoms with Crippen LogP contribution in [0.25, 0.3) is 0 Å². The average Bonchev–Trinajstić information content (AvgIpc) is 2.41. The Morgan fingerprint density at radius 3 is 2.64 bits per heavy atom. The number of nitrogens with one attached hydrogen (secondary N) is 1. The molecule has 2 amide bonds. The number of rotatable bonds is 0. The van der Waals surface area contributed by atoms with E-state index in [4.69, 9.17) is 0 Å². The molecule has 3 nitrogen and oxygen atoms in total. The molecule has 1 radical (unpaired) electrons. The molecule has 0 unspecified atom stereocenters. The first-order valence-electron chi connectivity index (χ1n) is 3.71. The standard InChI is InChI=1S/C8H4F3N2O/c9-8(10,11)4-1-2-5-6(3-4)13-7(14)12-5/h1-3H,(H,12,14). The largest absolute Gasteiger partial charge is 0.416 e. The Balaban J connectivity index is 2.43. The molecule has 1 aromatic rings. The summed E-state index contributed by atoms with van der Waals surface area (Å²) in [6.07, 6.45) is -4.41. The minimum atomic E-state index is -4.41. The maximum atomic E-state index is 12.2. The van der Waals surface area contributed by atoms with Crippen LogP contribution in [0.4, 0.5) is 29.3 Å². The van der Waals surface area contributed by atoms with E-state index >= 15 is 0 Å². The number of anilines is 1. The number of urea groups is 1. The van der Waals surface area contributed by atoms with Gasteiger partial charge in [0.25, 0.3) is 0 Å². The van der Waals surface area contributed by atoms with Crippen LogP contribution in [0.1, 0.15) is 5.56 Å². The molecule has 1 N–H and O–H groups in total. The molecule has 14 heavy (non-hydrogen) atoms. The van der Waals surface area contributed by atoms with Crippen molar-refractivity contribution in [2.75, 3.05) is 5.32 Å². The number of hydrogen-bond acceptors (Lipinski definition) is 1. The molecular formula is C8H4F3N2O. The van der Waals surface area contributed by atoms with E-state index in [0.29, 0.717) is 5.69 Å². The summed E-state index contributed by atoms with van der Waals surface area (Å²) in [4.78, 5) is 10.7. The van der Waals surface area contributed by atoms with E-state index in [2.05, 4.69) is 10.6 Å². The van der Waals surface area contributed by atoms with Crippen molar-refractivity contribution in [3.8, 4) is 0 Å². The highest BCUT2D eigenvalue weighted by Gasteiger charge is 2.32. The number of amides is 2. The molecule has 6 heteroatoms. The molecule has 2 rings (SSSR count). The third kappa shape index (κ3) is 1.39. The van der Waals surface area contributed by atoms with Gasteiger partial charge >= 0.3 is 12.2 Å². The summed E-state index contributed by atoms with van der Waals surface area (Å²) in [5, 5.41) is 5.68. The maximum Gasteiger partial charge on any atom is 0.416 e. The van der Waals surface area contributed by atoms with Crippen molar-refractivity contribution < 1.29 is 18.0 Å². The summed E-state index contributed by atoms with van der Waals surface area (Å²) in [7, 11) is 0. The average molecular weight is 201 g/mol. The van der Waals surface area contributed by atoms with Crippen molar-refractivity contribution in [2.45, 2.75) is 6.18 Å². The van der Waals surface area contributed by atoms with Crippen LogP contribution in [0.3, 0.4) is 0 Å². The van der Waals surface area contributed by atoms with Crippen LogP contribution in [-0.4, -0.2) is 6.03 Å². The van der Waals surface area contributed by atoms with E-state index in [1.165, 1.54) is 6.07 Å². The van der Waals surface area contributed by atoms with E-state index in [9.17, 15) is 18.0 Å². The molecule has 1 aromatic carbocycles. The van der Waals surface area contributed by atoms with Crippen molar-refractivity contribution in [1.29, 1.82) is 0 Å². The number of fused-ring (bicyclic) bond motifs is 1. The monoisotopic (exact) mass is 201 g/mol. The van der Waals surface area contributed by atoms with Gasteiger partial charge in [-0.15, -0.1) is 0 Å². The first-order chi connectivity index (χ1) is 6.47. The zero-order valence-electron chi connectivity index (χ0n) is 6.72. The number of halogens is 3. The van der Waals surface area contributed by atoms with Crippen LogP contribution in [-0.2, 0) is 6.18 Å². The van der Waals surface area contributed by atoms with Gasteiger partial charge in [-0.05, 0) is 18.2 Å². The number of benzene rings is 1. The Kier molecular flexibility index (Phi) is 1.67. The van der Waals surface area contributed by atoms with Crippen LogP contribution in [0.15, 0.2) is 18.2 Å². The second kappa shape index (κ2) is 2.63. The first kappa shape index (κ1) is 8.86. The molecule has 0 aliphatic carbocycles. The normalized spacial score (nSPS) is 14.6. The fraction of sp³-hybridized carbons (Fsp3) is 0.125. The molecule has 0 spiro atoms. The molecule has 1 aliphatic rings. The third-order valence-electron chi connectivity index (χ3n) is 1.79. The van der Waals surface area contributed by atoms with Crippen molar-refractivity contribution in [1.82, 2.24) is 5.32 Å². The molecule has 0 atom stereocenters. The Labute approximate surface area is 76.9 Å². The lowest BCUT2D eigenvalue weighted by molar-refractivity contribution is -0.137. The lowest BCUT2D eigenvalue weighted by atomic mass is 10.2. The zero-order valence-corrected chi connectivity index (χ0v) is 6.72. The molecule has 0 saturated heterocycles. The van der Waals surface area contributed by atoms with Gasteiger partial charge in [-0.25, -0.2) is 4.79 Å². The van der Waals surface area contributed by atoms with Gasteiger partial charge in [-0.2, -0.15) is 18.5 Å². The van der Waals surface area contributed by atoms with Gasteiger partial charge in [0.05, 0.1) is 16.9 Å². The summed E-state index contributed by atoms with van der Waals surface area (Å²) < 4.78 is 36.6. The number of nitrogens with zero attached hydrogens (tertiary/aromatic N) is 1. The topological polar surface area (TPSA) is 43.2 Å². The molecule has 0 aromatic heterocycles.